The number of rotatable bonds is 4. The van der Waals surface area contributed by atoms with Gasteiger partial charge in [-0.2, -0.15) is 5.10 Å². The summed E-state index contributed by atoms with van der Waals surface area (Å²) in [4.78, 5) is -0.0356. The molecule has 7 nitrogen and oxygen atoms in total. The van der Waals surface area contributed by atoms with Gasteiger partial charge >= 0.3 is 0 Å². The number of nitrogens with two attached hydrogens (primary N) is 1. The van der Waals surface area contributed by atoms with Crippen LogP contribution in [-0.4, -0.2) is 18.2 Å². The van der Waals surface area contributed by atoms with Crippen molar-refractivity contribution in [1.82, 2.24) is 14.5 Å². The maximum absolute atomic E-state index is 11.9. The van der Waals surface area contributed by atoms with Crippen LogP contribution >= 0.6 is 0 Å². The Kier molecular flexibility index (Phi) is 2.90. The van der Waals surface area contributed by atoms with Gasteiger partial charge in [-0.25, -0.2) is 13.1 Å². The van der Waals surface area contributed by atoms with Crippen molar-refractivity contribution >= 4 is 15.8 Å². The van der Waals surface area contributed by atoms with Crippen LogP contribution in [0.25, 0.3) is 0 Å². The Bertz CT molecular complexity index is 600. The number of hydrogen-bond donors (Lipinski definition) is 2. The van der Waals surface area contributed by atoms with Crippen molar-refractivity contribution in [2.75, 3.05) is 5.73 Å². The van der Waals surface area contributed by atoms with E-state index >= 15 is 0 Å². The van der Waals surface area contributed by atoms with Gasteiger partial charge in [0.15, 0.2) is 5.82 Å². The second kappa shape index (κ2) is 4.22. The van der Waals surface area contributed by atoms with Crippen molar-refractivity contribution in [1.29, 1.82) is 0 Å². The van der Waals surface area contributed by atoms with Gasteiger partial charge < -0.3 is 10.2 Å². The minimum Gasteiger partial charge on any atom is -0.468 e. The molecular weight excluding hydrogens is 244 g/mol. The Balaban J connectivity index is 2.17. The zero-order valence-electron chi connectivity index (χ0n) is 9.12. The zero-order valence-corrected chi connectivity index (χ0v) is 9.94. The molecule has 2 heterocycles. The Morgan fingerprint density at radius 3 is 2.88 bits per heavy atom. The van der Waals surface area contributed by atoms with Gasteiger partial charge in [0.2, 0.25) is 10.0 Å². The van der Waals surface area contributed by atoms with Crippen molar-refractivity contribution in [2.45, 2.75) is 11.4 Å². The van der Waals surface area contributed by atoms with Crippen molar-refractivity contribution < 1.29 is 12.8 Å². The van der Waals surface area contributed by atoms with Crippen molar-refractivity contribution in [3.05, 3.63) is 30.4 Å². The number of nitrogens with zero attached hydrogens (tertiary/aromatic N) is 2. The SMILES string of the molecule is Cn1cc(S(=O)(=O)NCc2ccco2)c(N)n1. The van der Waals surface area contributed by atoms with E-state index in [1.807, 2.05) is 0 Å². The van der Waals surface area contributed by atoms with Gasteiger partial charge in [0.1, 0.15) is 10.7 Å². The molecule has 0 aliphatic carbocycles. The standard InChI is InChI=1S/C9H12N4O3S/c1-13-6-8(9(10)12-13)17(14,15)11-5-7-3-2-4-16-7/h2-4,6,11H,5H2,1H3,(H2,10,12). The first-order chi connectivity index (χ1) is 7.99. The molecule has 0 aromatic carbocycles. The van der Waals surface area contributed by atoms with E-state index in [-0.39, 0.29) is 17.3 Å². The average Bonchev–Trinajstić information content (AvgIpc) is 2.85. The normalized spacial score (nSPS) is 11.8. The second-order valence-corrected chi connectivity index (χ2v) is 5.19. The van der Waals surface area contributed by atoms with Crippen LogP contribution in [0, 0.1) is 0 Å². The molecule has 0 saturated heterocycles. The molecule has 0 spiro atoms. The van der Waals surface area contributed by atoms with Gasteiger partial charge in [-0.15, -0.1) is 0 Å². The topological polar surface area (TPSA) is 103 Å². The monoisotopic (exact) mass is 256 g/mol. The van der Waals surface area contributed by atoms with Crippen LogP contribution in [0.3, 0.4) is 0 Å². The molecular formula is C9H12N4O3S. The largest absolute Gasteiger partial charge is 0.468 e. The highest BCUT2D eigenvalue weighted by Crippen LogP contribution is 2.15. The Morgan fingerprint density at radius 1 is 1.59 bits per heavy atom. The minimum absolute atomic E-state index is 0.0283. The van der Waals surface area contributed by atoms with E-state index in [0.717, 1.165) is 0 Å². The molecule has 0 saturated carbocycles. The Labute approximate surface area is 98.3 Å². The second-order valence-electron chi connectivity index (χ2n) is 3.46. The molecule has 3 N–H and O–H groups in total. The number of nitrogen functional groups attached to an aromatic ring is 1. The lowest BCUT2D eigenvalue weighted by Crippen LogP contribution is -2.23. The molecule has 17 heavy (non-hydrogen) atoms. The van der Waals surface area contributed by atoms with Crippen molar-refractivity contribution in [3.63, 3.8) is 0 Å². The van der Waals surface area contributed by atoms with Crippen LogP contribution in [0.5, 0.6) is 0 Å². The third kappa shape index (κ3) is 2.48. The molecule has 0 aliphatic heterocycles. The van der Waals surface area contributed by atoms with E-state index in [2.05, 4.69) is 9.82 Å². The van der Waals surface area contributed by atoms with Gasteiger partial charge in [-0.3, -0.25) is 4.68 Å². The maximum Gasteiger partial charge on any atom is 0.246 e. The van der Waals surface area contributed by atoms with Crippen LogP contribution in [0.15, 0.2) is 33.9 Å². The average molecular weight is 256 g/mol. The lowest BCUT2D eigenvalue weighted by atomic mass is 10.5. The summed E-state index contributed by atoms with van der Waals surface area (Å²) in [6.07, 6.45) is 2.82. The van der Waals surface area contributed by atoms with Crippen LogP contribution in [0.2, 0.25) is 0 Å². The number of nitrogens with one attached hydrogen (secondary N) is 1. The number of aryl methyl sites for hydroxylation is 1. The molecule has 0 amide bonds. The predicted molar refractivity (Wildman–Crippen MR) is 60.4 cm³/mol. The van der Waals surface area contributed by atoms with Crippen molar-refractivity contribution in [2.24, 2.45) is 7.05 Å². The van der Waals surface area contributed by atoms with Gasteiger partial charge in [-0.1, -0.05) is 0 Å². The number of hydrogen-bond acceptors (Lipinski definition) is 5. The molecule has 2 aromatic heterocycles. The summed E-state index contributed by atoms with van der Waals surface area (Å²) in [6.45, 7) is 0.0731. The first kappa shape index (κ1) is 11.7. The highest BCUT2D eigenvalue weighted by Gasteiger charge is 2.20. The summed E-state index contributed by atoms with van der Waals surface area (Å²) in [5.41, 5.74) is 5.50. The molecule has 2 rings (SSSR count). The zero-order chi connectivity index (χ0) is 12.5. The molecule has 0 unspecified atom stereocenters. The fraction of sp³-hybridized carbons (Fsp3) is 0.222. The molecule has 0 aliphatic rings. The number of sulfonamides is 1. The molecule has 0 fully saturated rings. The predicted octanol–water partition coefficient (Wildman–Crippen LogP) is 0.0738. The van der Waals surface area contributed by atoms with Gasteiger partial charge in [0.05, 0.1) is 12.8 Å². The van der Waals surface area contributed by atoms with E-state index in [4.69, 9.17) is 10.2 Å². The highest BCUT2D eigenvalue weighted by molar-refractivity contribution is 7.89. The Hall–Kier alpha value is -1.80. The summed E-state index contributed by atoms with van der Waals surface area (Å²) in [7, 11) is -2.07. The fourth-order valence-corrected chi connectivity index (χ4v) is 2.44. The molecule has 0 radical (unpaired) electrons. The van der Waals surface area contributed by atoms with Crippen LogP contribution in [0.1, 0.15) is 5.76 Å². The van der Waals surface area contributed by atoms with E-state index < -0.39 is 10.0 Å². The molecule has 0 bridgehead atoms. The first-order valence-corrected chi connectivity index (χ1v) is 6.28. The summed E-state index contributed by atoms with van der Waals surface area (Å²) in [6, 6.07) is 3.36. The lowest BCUT2D eigenvalue weighted by molar-refractivity contribution is 0.498. The quantitative estimate of drug-likeness (QED) is 0.806. The van der Waals surface area contributed by atoms with Gasteiger partial charge in [0.25, 0.3) is 0 Å². The smallest absolute Gasteiger partial charge is 0.246 e. The van der Waals surface area contributed by atoms with Crippen LogP contribution in [0.4, 0.5) is 5.82 Å². The minimum atomic E-state index is -3.66. The number of furan rings is 1. The van der Waals surface area contributed by atoms with Crippen LogP contribution in [-0.2, 0) is 23.6 Å². The maximum atomic E-state index is 11.9. The summed E-state index contributed by atoms with van der Waals surface area (Å²) >= 11 is 0. The summed E-state index contributed by atoms with van der Waals surface area (Å²) in [5, 5.41) is 3.77. The third-order valence-corrected chi connectivity index (χ3v) is 3.55. The molecule has 8 heteroatoms. The fourth-order valence-electron chi connectivity index (χ4n) is 1.35. The number of anilines is 1. The van der Waals surface area contributed by atoms with E-state index in [9.17, 15) is 8.42 Å². The Morgan fingerprint density at radius 2 is 2.35 bits per heavy atom. The van der Waals surface area contributed by atoms with Crippen molar-refractivity contribution in [3.8, 4) is 0 Å². The highest BCUT2D eigenvalue weighted by atomic mass is 32.2. The van der Waals surface area contributed by atoms with E-state index in [1.165, 1.54) is 17.1 Å². The summed E-state index contributed by atoms with van der Waals surface area (Å²) < 4.78 is 32.5. The summed E-state index contributed by atoms with van der Waals surface area (Å²) in [5.74, 6) is 0.496. The molecule has 0 atom stereocenters. The third-order valence-electron chi connectivity index (χ3n) is 2.13. The van der Waals surface area contributed by atoms with Gasteiger partial charge in [-0.05, 0) is 12.1 Å². The van der Waals surface area contributed by atoms with E-state index in [1.54, 1.807) is 19.2 Å². The number of aromatic nitrogens is 2. The van der Waals surface area contributed by atoms with Gasteiger partial charge in [0, 0.05) is 13.2 Å². The van der Waals surface area contributed by atoms with Crippen LogP contribution < -0.4 is 10.5 Å². The lowest BCUT2D eigenvalue weighted by Gasteiger charge is -2.02. The first-order valence-electron chi connectivity index (χ1n) is 4.80. The molecule has 92 valence electrons. The molecule has 2 aromatic rings. The van der Waals surface area contributed by atoms with E-state index in [0.29, 0.717) is 5.76 Å².